The Morgan fingerprint density at radius 2 is 1.09 bits per heavy atom. The van der Waals surface area contributed by atoms with Gasteiger partial charge in [0.25, 0.3) is 0 Å². The minimum atomic E-state index is 0.0586. The van der Waals surface area contributed by atoms with Crippen LogP contribution in [0.15, 0.2) is 115 Å². The fourth-order valence-electron chi connectivity index (χ4n) is 3.93. The number of nitrogens with two attached hydrogens (primary N) is 1. The van der Waals surface area contributed by atoms with Gasteiger partial charge in [-0.05, 0) is 59.9 Å². The summed E-state index contributed by atoms with van der Waals surface area (Å²) in [5, 5.41) is 8.17. The minimum absolute atomic E-state index is 0.0586. The average molecular weight is 463 g/mol. The van der Waals surface area contributed by atoms with Gasteiger partial charge < -0.3 is 15.2 Å². The number of allylic oxidation sites excluding steroid dienone is 1. The van der Waals surface area contributed by atoms with Crippen LogP contribution in [0.5, 0.6) is 11.5 Å². The molecule has 0 aliphatic rings. The molecule has 3 N–H and O–H groups in total. The summed E-state index contributed by atoms with van der Waals surface area (Å²) in [7, 11) is 0. The summed E-state index contributed by atoms with van der Waals surface area (Å²) < 4.78 is 11.8. The molecule has 4 heteroatoms. The molecule has 4 aromatic carbocycles. The number of rotatable bonds is 10. The molecular weight excluding hydrogens is 432 g/mol. The van der Waals surface area contributed by atoms with Crippen LogP contribution < -0.4 is 15.2 Å². The smallest absolute Gasteiger partial charge is 0.123 e. The Morgan fingerprint density at radius 1 is 0.629 bits per heavy atom. The summed E-state index contributed by atoms with van der Waals surface area (Å²) in [6.45, 7) is 3.08. The Hall–Kier alpha value is -4.31. The average Bonchev–Trinajstić information content (AvgIpc) is 2.89. The number of benzene rings is 4. The summed E-state index contributed by atoms with van der Waals surface area (Å²) in [4.78, 5) is 0. The Bertz CT molecular complexity index is 1260. The number of hydrogen-bond donors (Lipinski definition) is 2. The van der Waals surface area contributed by atoms with Gasteiger partial charge in [-0.2, -0.15) is 0 Å². The Balaban J connectivity index is 1.40. The van der Waals surface area contributed by atoms with Crippen molar-refractivity contribution in [2.45, 2.75) is 26.6 Å². The molecule has 0 saturated heterocycles. The minimum Gasteiger partial charge on any atom is -0.489 e. The van der Waals surface area contributed by atoms with Crippen LogP contribution in [0.2, 0.25) is 0 Å². The van der Waals surface area contributed by atoms with Crippen molar-refractivity contribution in [3.63, 3.8) is 0 Å². The lowest BCUT2D eigenvalue weighted by Crippen LogP contribution is -2.14. The first kappa shape index (κ1) is 23.8. The van der Waals surface area contributed by atoms with Crippen molar-refractivity contribution in [1.82, 2.24) is 0 Å². The molecular formula is C31H30N2O2. The van der Waals surface area contributed by atoms with E-state index in [0.717, 1.165) is 44.9 Å². The van der Waals surface area contributed by atoms with Crippen LogP contribution in [0.25, 0.3) is 5.57 Å². The van der Waals surface area contributed by atoms with Gasteiger partial charge in [0, 0.05) is 5.57 Å². The molecule has 0 bridgehead atoms. The molecule has 0 atom stereocenters. The first-order valence-corrected chi connectivity index (χ1v) is 11.7. The van der Waals surface area contributed by atoms with E-state index < -0.39 is 0 Å². The summed E-state index contributed by atoms with van der Waals surface area (Å²) in [5.41, 5.74) is 12.1. The third-order valence-electron chi connectivity index (χ3n) is 5.73. The second-order valence-electron chi connectivity index (χ2n) is 8.46. The highest BCUT2D eigenvalue weighted by molar-refractivity contribution is 6.21. The van der Waals surface area contributed by atoms with Crippen LogP contribution in [-0.4, -0.2) is 5.84 Å². The van der Waals surface area contributed by atoms with Crippen molar-refractivity contribution >= 4 is 11.4 Å². The summed E-state index contributed by atoms with van der Waals surface area (Å²) in [6, 6.07) is 36.0. The third kappa shape index (κ3) is 6.84. The van der Waals surface area contributed by atoms with Gasteiger partial charge in [0.15, 0.2) is 0 Å². The van der Waals surface area contributed by atoms with Crippen molar-refractivity contribution in [3.05, 3.63) is 137 Å². The van der Waals surface area contributed by atoms with Gasteiger partial charge >= 0.3 is 0 Å². The first-order chi connectivity index (χ1) is 17.1. The van der Waals surface area contributed by atoms with Crippen LogP contribution in [0.1, 0.15) is 29.2 Å². The maximum atomic E-state index is 8.17. The van der Waals surface area contributed by atoms with Crippen LogP contribution in [0.4, 0.5) is 0 Å². The number of nitrogens with one attached hydrogen (secondary N) is 1. The molecule has 0 saturated carbocycles. The molecule has 4 rings (SSSR count). The SMILES string of the molecule is C/C(Cc1ccc(OCc2ccccc2)cc1)=C(\C(=N)N)c1ccc(OCc2ccccc2)cc1. The Labute approximate surface area is 207 Å². The summed E-state index contributed by atoms with van der Waals surface area (Å²) in [6.07, 6.45) is 0.695. The predicted molar refractivity (Wildman–Crippen MR) is 143 cm³/mol. The van der Waals surface area contributed by atoms with Gasteiger partial charge in [0.1, 0.15) is 30.5 Å². The van der Waals surface area contributed by atoms with E-state index in [1.807, 2.05) is 104 Å². The quantitative estimate of drug-likeness (QED) is 0.201. The van der Waals surface area contributed by atoms with E-state index in [1.165, 1.54) is 0 Å². The zero-order valence-electron chi connectivity index (χ0n) is 19.9. The fraction of sp³-hybridized carbons (Fsp3) is 0.129. The molecule has 0 heterocycles. The molecule has 0 aliphatic carbocycles. The maximum Gasteiger partial charge on any atom is 0.123 e. The molecule has 0 aliphatic heterocycles. The highest BCUT2D eigenvalue weighted by Crippen LogP contribution is 2.25. The van der Waals surface area contributed by atoms with E-state index in [4.69, 9.17) is 20.6 Å². The molecule has 4 nitrogen and oxygen atoms in total. The lowest BCUT2D eigenvalue weighted by Gasteiger charge is -2.13. The van der Waals surface area contributed by atoms with E-state index in [-0.39, 0.29) is 5.84 Å². The van der Waals surface area contributed by atoms with Gasteiger partial charge in [0.05, 0.1) is 0 Å². The highest BCUT2D eigenvalue weighted by atomic mass is 16.5. The van der Waals surface area contributed by atoms with Crippen molar-refractivity contribution in [2.75, 3.05) is 0 Å². The lowest BCUT2D eigenvalue weighted by atomic mass is 9.95. The number of hydrogen-bond acceptors (Lipinski definition) is 3. The normalized spacial score (nSPS) is 11.5. The molecule has 0 unspecified atom stereocenters. The first-order valence-electron chi connectivity index (χ1n) is 11.7. The van der Waals surface area contributed by atoms with E-state index >= 15 is 0 Å². The van der Waals surface area contributed by atoms with Crippen molar-refractivity contribution in [3.8, 4) is 11.5 Å². The van der Waals surface area contributed by atoms with Crippen molar-refractivity contribution in [1.29, 1.82) is 5.41 Å². The third-order valence-corrected chi connectivity index (χ3v) is 5.73. The predicted octanol–water partition coefficient (Wildman–Crippen LogP) is 6.80. The molecule has 4 aromatic rings. The largest absolute Gasteiger partial charge is 0.489 e. The highest BCUT2D eigenvalue weighted by Gasteiger charge is 2.11. The monoisotopic (exact) mass is 462 g/mol. The van der Waals surface area contributed by atoms with Crippen LogP contribution >= 0.6 is 0 Å². The summed E-state index contributed by atoms with van der Waals surface area (Å²) >= 11 is 0. The van der Waals surface area contributed by atoms with E-state index in [2.05, 4.69) is 12.1 Å². The molecule has 0 aromatic heterocycles. The fourth-order valence-corrected chi connectivity index (χ4v) is 3.93. The second kappa shape index (κ2) is 11.7. The molecule has 176 valence electrons. The van der Waals surface area contributed by atoms with Gasteiger partial charge in [-0.25, -0.2) is 0 Å². The van der Waals surface area contributed by atoms with Gasteiger partial charge in [0.2, 0.25) is 0 Å². The van der Waals surface area contributed by atoms with E-state index in [9.17, 15) is 0 Å². The zero-order chi connectivity index (χ0) is 24.5. The topological polar surface area (TPSA) is 68.3 Å². The van der Waals surface area contributed by atoms with E-state index in [1.54, 1.807) is 0 Å². The van der Waals surface area contributed by atoms with E-state index in [0.29, 0.717) is 19.6 Å². The van der Waals surface area contributed by atoms with Gasteiger partial charge in [-0.1, -0.05) is 90.5 Å². The van der Waals surface area contributed by atoms with Gasteiger partial charge in [-0.3, -0.25) is 5.41 Å². The molecule has 0 radical (unpaired) electrons. The zero-order valence-corrected chi connectivity index (χ0v) is 19.9. The maximum absolute atomic E-state index is 8.17. The standard InChI is InChI=1S/C31H30N2O2/c1-23(20-24-12-16-28(17-13-24)34-21-25-8-4-2-5-9-25)30(31(32)33)27-14-18-29(19-15-27)35-22-26-10-6-3-7-11-26/h2-19H,20-22H2,1H3,(H3,32,33)/b30-23+. The molecule has 0 amide bonds. The van der Waals surface area contributed by atoms with Crippen LogP contribution in [-0.2, 0) is 19.6 Å². The number of amidine groups is 1. The Morgan fingerprint density at radius 3 is 1.54 bits per heavy atom. The summed E-state index contributed by atoms with van der Waals surface area (Å²) in [5.74, 6) is 1.67. The lowest BCUT2D eigenvalue weighted by molar-refractivity contribution is 0.306. The van der Waals surface area contributed by atoms with Crippen LogP contribution in [0, 0.1) is 5.41 Å². The number of ether oxygens (including phenoxy) is 2. The van der Waals surface area contributed by atoms with Crippen molar-refractivity contribution in [2.24, 2.45) is 5.73 Å². The second-order valence-corrected chi connectivity index (χ2v) is 8.46. The molecule has 0 spiro atoms. The van der Waals surface area contributed by atoms with Crippen molar-refractivity contribution < 1.29 is 9.47 Å². The molecule has 0 fully saturated rings. The molecule has 35 heavy (non-hydrogen) atoms. The van der Waals surface area contributed by atoms with Gasteiger partial charge in [-0.15, -0.1) is 0 Å². The van der Waals surface area contributed by atoms with Crippen LogP contribution in [0.3, 0.4) is 0 Å². The Kier molecular flexibility index (Phi) is 7.97.